The molecule has 0 saturated carbocycles. The summed E-state index contributed by atoms with van der Waals surface area (Å²) in [5, 5.41) is 0. The molecular weight excluding hydrogens is 400 g/mol. The number of amides is 1. The first kappa shape index (κ1) is 22.7. The molecule has 0 radical (unpaired) electrons. The van der Waals surface area contributed by atoms with Crippen LogP contribution >= 0.6 is 0 Å². The Balaban J connectivity index is 1.29. The van der Waals surface area contributed by atoms with E-state index in [2.05, 4.69) is 46.1 Å². The number of fused-ring (bicyclic) bond motifs is 1. The average molecular weight is 437 g/mol. The molecular formula is C26H36N4O2. The highest BCUT2D eigenvalue weighted by atomic mass is 16.5. The van der Waals surface area contributed by atoms with E-state index in [1.165, 1.54) is 11.1 Å². The van der Waals surface area contributed by atoms with Gasteiger partial charge in [-0.25, -0.2) is 4.99 Å². The molecule has 0 spiro atoms. The number of allylic oxidation sites excluding steroid dienone is 1. The molecule has 1 aromatic carbocycles. The highest BCUT2D eigenvalue weighted by Crippen LogP contribution is 2.22. The van der Waals surface area contributed by atoms with Crippen LogP contribution in [0.15, 0.2) is 52.8 Å². The zero-order valence-electron chi connectivity index (χ0n) is 19.5. The topological polar surface area (TPSA) is 48.4 Å². The second kappa shape index (κ2) is 10.9. The molecule has 1 aromatic rings. The number of rotatable bonds is 7. The van der Waals surface area contributed by atoms with Crippen molar-refractivity contribution >= 4 is 12.1 Å². The van der Waals surface area contributed by atoms with Crippen LogP contribution < -0.4 is 0 Å². The van der Waals surface area contributed by atoms with Crippen molar-refractivity contribution in [1.82, 2.24) is 14.7 Å². The summed E-state index contributed by atoms with van der Waals surface area (Å²) in [5.41, 5.74) is 3.66. The number of hydrogen-bond donors (Lipinski definition) is 0. The fourth-order valence-corrected chi connectivity index (χ4v) is 4.76. The van der Waals surface area contributed by atoms with Gasteiger partial charge in [-0.05, 0) is 42.9 Å². The molecule has 0 unspecified atom stereocenters. The first-order valence-electron chi connectivity index (χ1n) is 11.9. The van der Waals surface area contributed by atoms with Gasteiger partial charge in [-0.1, -0.05) is 30.3 Å². The summed E-state index contributed by atoms with van der Waals surface area (Å²) >= 11 is 0. The summed E-state index contributed by atoms with van der Waals surface area (Å²) in [7, 11) is 3.99. The van der Waals surface area contributed by atoms with Gasteiger partial charge >= 0.3 is 0 Å². The lowest BCUT2D eigenvalue weighted by Gasteiger charge is -2.33. The number of hydrogen-bond acceptors (Lipinski definition) is 5. The Kier molecular flexibility index (Phi) is 7.76. The highest BCUT2D eigenvalue weighted by molar-refractivity contribution is 5.96. The quantitative estimate of drug-likeness (QED) is 0.658. The van der Waals surface area contributed by atoms with E-state index in [9.17, 15) is 4.79 Å². The number of carbonyl (C=O) groups is 1. The first-order valence-corrected chi connectivity index (χ1v) is 11.9. The van der Waals surface area contributed by atoms with Crippen LogP contribution in [-0.2, 0) is 22.5 Å². The zero-order chi connectivity index (χ0) is 22.3. The average Bonchev–Trinajstić information content (AvgIpc) is 3.10. The summed E-state index contributed by atoms with van der Waals surface area (Å²) in [4.78, 5) is 24.3. The van der Waals surface area contributed by atoms with E-state index < -0.39 is 0 Å². The van der Waals surface area contributed by atoms with Crippen molar-refractivity contribution in [3.63, 3.8) is 0 Å². The van der Waals surface area contributed by atoms with E-state index >= 15 is 0 Å². The van der Waals surface area contributed by atoms with Crippen LogP contribution in [0.4, 0.5) is 0 Å². The Morgan fingerprint density at radius 1 is 1.19 bits per heavy atom. The molecule has 0 bridgehead atoms. The maximum Gasteiger partial charge on any atom is 0.253 e. The maximum atomic E-state index is 13.1. The third-order valence-electron chi connectivity index (χ3n) is 6.82. The van der Waals surface area contributed by atoms with Crippen LogP contribution in [0.3, 0.4) is 0 Å². The SMILES string of the molecule is CN(CCCN1CCc2ccccc2C1)C(=O)C1=CCC=NC(N(C)C2CCOCC2)=C1. The molecule has 1 amide bonds. The van der Waals surface area contributed by atoms with Gasteiger partial charge in [0.15, 0.2) is 0 Å². The van der Waals surface area contributed by atoms with Gasteiger partial charge in [0, 0.05) is 77.7 Å². The van der Waals surface area contributed by atoms with Gasteiger partial charge in [0.25, 0.3) is 5.91 Å². The van der Waals surface area contributed by atoms with Crippen LogP contribution in [0, 0.1) is 0 Å². The fourth-order valence-electron chi connectivity index (χ4n) is 4.76. The molecule has 1 fully saturated rings. The van der Waals surface area contributed by atoms with Crippen molar-refractivity contribution in [3.8, 4) is 0 Å². The first-order chi connectivity index (χ1) is 15.6. The third-order valence-corrected chi connectivity index (χ3v) is 6.82. The van der Waals surface area contributed by atoms with Crippen LogP contribution in [-0.4, -0.2) is 79.8 Å². The van der Waals surface area contributed by atoms with Gasteiger partial charge < -0.3 is 14.5 Å². The van der Waals surface area contributed by atoms with Crippen LogP contribution in [0.25, 0.3) is 0 Å². The predicted molar refractivity (Wildman–Crippen MR) is 129 cm³/mol. The van der Waals surface area contributed by atoms with Crippen molar-refractivity contribution in [1.29, 1.82) is 0 Å². The van der Waals surface area contributed by atoms with E-state index in [0.29, 0.717) is 12.5 Å². The van der Waals surface area contributed by atoms with Crippen molar-refractivity contribution in [2.75, 3.05) is 46.9 Å². The smallest absolute Gasteiger partial charge is 0.253 e. The van der Waals surface area contributed by atoms with Gasteiger partial charge in [0.05, 0.1) is 0 Å². The molecule has 172 valence electrons. The molecule has 4 rings (SSSR count). The summed E-state index contributed by atoms with van der Waals surface area (Å²) in [6, 6.07) is 9.14. The lowest BCUT2D eigenvalue weighted by molar-refractivity contribution is -0.125. The molecule has 6 nitrogen and oxygen atoms in total. The Bertz CT molecular complexity index is 886. The summed E-state index contributed by atoms with van der Waals surface area (Å²) in [6.07, 6.45) is 10.6. The van der Waals surface area contributed by atoms with Gasteiger partial charge in [0.2, 0.25) is 0 Å². The molecule has 0 aromatic heterocycles. The summed E-state index contributed by atoms with van der Waals surface area (Å²) < 4.78 is 5.49. The third kappa shape index (κ3) is 5.67. The second-order valence-corrected chi connectivity index (χ2v) is 9.04. The molecule has 1 saturated heterocycles. The monoisotopic (exact) mass is 436 g/mol. The zero-order valence-corrected chi connectivity index (χ0v) is 19.5. The van der Waals surface area contributed by atoms with Crippen molar-refractivity contribution in [2.24, 2.45) is 4.99 Å². The largest absolute Gasteiger partial charge is 0.381 e. The minimum Gasteiger partial charge on any atom is -0.381 e. The highest BCUT2D eigenvalue weighted by Gasteiger charge is 2.22. The normalized spacial score (nSPS) is 19.6. The number of carbonyl (C=O) groups excluding carboxylic acids is 1. The molecule has 0 N–H and O–H groups in total. The summed E-state index contributed by atoms with van der Waals surface area (Å²) in [5.74, 6) is 0.951. The fraction of sp³-hybridized carbons (Fsp3) is 0.538. The predicted octanol–water partition coefficient (Wildman–Crippen LogP) is 3.25. The molecule has 32 heavy (non-hydrogen) atoms. The molecule has 6 heteroatoms. The van der Waals surface area contributed by atoms with Crippen LogP contribution in [0.1, 0.15) is 36.8 Å². The van der Waals surface area contributed by atoms with E-state index in [0.717, 1.165) is 76.5 Å². The number of aliphatic imine (C=N–C) groups is 1. The minimum absolute atomic E-state index is 0.0809. The number of benzene rings is 1. The van der Waals surface area contributed by atoms with Crippen molar-refractivity contribution in [2.45, 2.75) is 44.7 Å². The van der Waals surface area contributed by atoms with Crippen LogP contribution in [0.2, 0.25) is 0 Å². The second-order valence-electron chi connectivity index (χ2n) is 9.04. The van der Waals surface area contributed by atoms with Crippen molar-refractivity contribution in [3.05, 3.63) is 58.9 Å². The van der Waals surface area contributed by atoms with Gasteiger partial charge in [-0.3, -0.25) is 9.69 Å². The summed E-state index contributed by atoms with van der Waals surface area (Å²) in [6.45, 7) is 5.47. The minimum atomic E-state index is 0.0809. The van der Waals surface area contributed by atoms with Gasteiger partial charge in [-0.2, -0.15) is 0 Å². The molecule has 3 aliphatic rings. The maximum absolute atomic E-state index is 13.1. The molecule has 3 heterocycles. The van der Waals surface area contributed by atoms with Crippen LogP contribution in [0.5, 0.6) is 0 Å². The number of likely N-dealkylation sites (N-methyl/N-ethyl adjacent to an activating group) is 1. The Labute approximate surface area is 192 Å². The lowest BCUT2D eigenvalue weighted by atomic mass is 10.00. The Morgan fingerprint density at radius 3 is 2.78 bits per heavy atom. The molecule has 0 atom stereocenters. The molecule has 0 aliphatic carbocycles. The Morgan fingerprint density at radius 2 is 1.97 bits per heavy atom. The van der Waals surface area contributed by atoms with E-state index in [-0.39, 0.29) is 5.91 Å². The van der Waals surface area contributed by atoms with E-state index in [1.54, 1.807) is 0 Å². The van der Waals surface area contributed by atoms with E-state index in [1.807, 2.05) is 30.3 Å². The van der Waals surface area contributed by atoms with Gasteiger partial charge in [-0.15, -0.1) is 0 Å². The number of nitrogens with zero attached hydrogens (tertiary/aromatic N) is 4. The van der Waals surface area contributed by atoms with Crippen molar-refractivity contribution < 1.29 is 9.53 Å². The number of ether oxygens (including phenoxy) is 1. The molecule has 3 aliphatic heterocycles. The lowest BCUT2D eigenvalue weighted by Crippen LogP contribution is -2.36. The van der Waals surface area contributed by atoms with E-state index in [4.69, 9.17) is 4.74 Å². The standard InChI is InChI=1S/C26H36N4O2/c1-28(14-6-15-30-16-10-21-7-3-4-8-23(21)20-30)26(31)22-9-5-13-27-25(19-22)29(2)24-11-17-32-18-12-24/h3-4,7-9,13,19,24H,5-6,10-12,14-18,20H2,1-2H3. The van der Waals surface area contributed by atoms with Gasteiger partial charge in [0.1, 0.15) is 5.82 Å². The Hall–Kier alpha value is -2.44.